The summed E-state index contributed by atoms with van der Waals surface area (Å²) in [6.07, 6.45) is 5.40. The van der Waals surface area contributed by atoms with E-state index in [1.54, 1.807) is 0 Å². The summed E-state index contributed by atoms with van der Waals surface area (Å²) < 4.78 is 11.1. The molecule has 116 valence electrons. The molecule has 1 saturated heterocycles. The second-order valence-electron chi connectivity index (χ2n) is 5.91. The van der Waals surface area contributed by atoms with Gasteiger partial charge in [-0.15, -0.1) is 0 Å². The van der Waals surface area contributed by atoms with Crippen molar-refractivity contribution in [2.75, 3.05) is 39.4 Å². The molecule has 21 heavy (non-hydrogen) atoms. The lowest BCUT2D eigenvalue weighted by molar-refractivity contribution is 0.171. The second kappa shape index (κ2) is 7.66. The molecule has 4 heteroatoms. The number of hydrogen-bond acceptors (Lipinski definition) is 4. The highest BCUT2D eigenvalue weighted by Crippen LogP contribution is 2.30. The van der Waals surface area contributed by atoms with Gasteiger partial charge in [0.1, 0.15) is 13.2 Å². The van der Waals surface area contributed by atoms with Crippen LogP contribution in [0.5, 0.6) is 11.5 Å². The van der Waals surface area contributed by atoms with Crippen molar-refractivity contribution in [2.45, 2.75) is 32.2 Å². The van der Waals surface area contributed by atoms with E-state index >= 15 is 0 Å². The molecule has 0 bridgehead atoms. The van der Waals surface area contributed by atoms with Gasteiger partial charge in [-0.1, -0.05) is 12.5 Å². The topological polar surface area (TPSA) is 33.7 Å². The van der Waals surface area contributed by atoms with Gasteiger partial charge in [-0.05, 0) is 63.1 Å². The Hall–Kier alpha value is -1.26. The molecule has 1 aromatic carbocycles. The van der Waals surface area contributed by atoms with Crippen LogP contribution in [0, 0.1) is 0 Å². The monoisotopic (exact) mass is 290 g/mol. The van der Waals surface area contributed by atoms with Gasteiger partial charge in [-0.2, -0.15) is 0 Å². The molecule has 1 fully saturated rings. The molecule has 1 N–H and O–H groups in total. The van der Waals surface area contributed by atoms with Gasteiger partial charge in [0.25, 0.3) is 0 Å². The van der Waals surface area contributed by atoms with Gasteiger partial charge in [0, 0.05) is 6.54 Å². The molecule has 3 rings (SSSR count). The highest BCUT2D eigenvalue weighted by atomic mass is 16.6. The number of fused-ring (bicyclic) bond motifs is 1. The zero-order valence-corrected chi connectivity index (χ0v) is 12.8. The third kappa shape index (κ3) is 4.35. The number of nitrogens with zero attached hydrogens (tertiary/aromatic N) is 1. The first-order valence-corrected chi connectivity index (χ1v) is 8.23. The first-order chi connectivity index (χ1) is 10.4. The number of piperidine rings is 1. The second-order valence-corrected chi connectivity index (χ2v) is 5.91. The predicted molar refractivity (Wildman–Crippen MR) is 84.0 cm³/mol. The van der Waals surface area contributed by atoms with E-state index < -0.39 is 0 Å². The van der Waals surface area contributed by atoms with Crippen LogP contribution in [0.2, 0.25) is 0 Å². The van der Waals surface area contributed by atoms with E-state index in [-0.39, 0.29) is 0 Å². The predicted octanol–water partition coefficient (Wildman–Crippen LogP) is 2.42. The smallest absolute Gasteiger partial charge is 0.161 e. The van der Waals surface area contributed by atoms with Crippen LogP contribution >= 0.6 is 0 Å². The summed E-state index contributed by atoms with van der Waals surface area (Å²) >= 11 is 0. The quantitative estimate of drug-likeness (QED) is 0.816. The van der Waals surface area contributed by atoms with Gasteiger partial charge in [0.2, 0.25) is 0 Å². The molecule has 0 radical (unpaired) electrons. The molecular weight excluding hydrogens is 264 g/mol. The van der Waals surface area contributed by atoms with Crippen LogP contribution in [0.15, 0.2) is 18.2 Å². The van der Waals surface area contributed by atoms with E-state index in [0.29, 0.717) is 13.2 Å². The molecule has 0 saturated carbocycles. The van der Waals surface area contributed by atoms with Gasteiger partial charge in [-0.25, -0.2) is 0 Å². The van der Waals surface area contributed by atoms with E-state index in [4.69, 9.17) is 9.47 Å². The SMILES string of the molecule is c1cc2c(cc1CNCCCN1CCCCC1)OCCO2. The van der Waals surface area contributed by atoms with Crippen LogP contribution < -0.4 is 14.8 Å². The molecule has 1 aromatic rings. The molecule has 2 aliphatic rings. The lowest BCUT2D eigenvalue weighted by atomic mass is 10.1. The number of hydrogen-bond donors (Lipinski definition) is 1. The molecule has 0 aliphatic carbocycles. The lowest BCUT2D eigenvalue weighted by Crippen LogP contribution is -2.32. The van der Waals surface area contributed by atoms with E-state index in [1.807, 2.05) is 6.07 Å². The van der Waals surface area contributed by atoms with E-state index in [9.17, 15) is 0 Å². The Morgan fingerprint density at radius 1 is 1.00 bits per heavy atom. The summed E-state index contributed by atoms with van der Waals surface area (Å²) in [5.41, 5.74) is 1.26. The van der Waals surface area contributed by atoms with Crippen molar-refractivity contribution in [3.05, 3.63) is 23.8 Å². The van der Waals surface area contributed by atoms with Crippen LogP contribution in [0.25, 0.3) is 0 Å². The van der Waals surface area contributed by atoms with Gasteiger partial charge in [0.05, 0.1) is 0 Å². The largest absolute Gasteiger partial charge is 0.486 e. The zero-order chi connectivity index (χ0) is 14.3. The fraction of sp³-hybridized carbons (Fsp3) is 0.647. The zero-order valence-electron chi connectivity index (χ0n) is 12.8. The maximum atomic E-state index is 5.61. The van der Waals surface area contributed by atoms with Crippen molar-refractivity contribution in [1.29, 1.82) is 0 Å². The van der Waals surface area contributed by atoms with Crippen molar-refractivity contribution < 1.29 is 9.47 Å². The normalized spacial score (nSPS) is 18.7. The highest BCUT2D eigenvalue weighted by molar-refractivity contribution is 5.43. The van der Waals surface area contributed by atoms with Crippen molar-refractivity contribution in [3.63, 3.8) is 0 Å². The molecule has 2 heterocycles. The van der Waals surface area contributed by atoms with Crippen molar-refractivity contribution in [3.8, 4) is 11.5 Å². The third-order valence-corrected chi connectivity index (χ3v) is 4.21. The molecule has 0 aromatic heterocycles. The first kappa shape index (κ1) is 14.7. The number of rotatable bonds is 6. The minimum atomic E-state index is 0.652. The minimum absolute atomic E-state index is 0.652. The Kier molecular flexibility index (Phi) is 5.35. The Bertz CT molecular complexity index is 444. The van der Waals surface area contributed by atoms with Crippen LogP contribution in [0.1, 0.15) is 31.2 Å². The molecular formula is C17H26N2O2. The molecule has 0 atom stereocenters. The van der Waals surface area contributed by atoms with E-state index in [1.165, 1.54) is 50.9 Å². The van der Waals surface area contributed by atoms with Gasteiger partial charge < -0.3 is 19.7 Å². The van der Waals surface area contributed by atoms with Crippen molar-refractivity contribution >= 4 is 0 Å². The van der Waals surface area contributed by atoms with Crippen LogP contribution in [0.3, 0.4) is 0 Å². The lowest BCUT2D eigenvalue weighted by Gasteiger charge is -2.26. The minimum Gasteiger partial charge on any atom is -0.486 e. The van der Waals surface area contributed by atoms with Crippen LogP contribution in [0.4, 0.5) is 0 Å². The molecule has 4 nitrogen and oxygen atoms in total. The maximum Gasteiger partial charge on any atom is 0.161 e. The van der Waals surface area contributed by atoms with Crippen LogP contribution in [-0.2, 0) is 6.54 Å². The average molecular weight is 290 g/mol. The number of benzene rings is 1. The highest BCUT2D eigenvalue weighted by Gasteiger charge is 2.11. The van der Waals surface area contributed by atoms with Crippen LogP contribution in [-0.4, -0.2) is 44.3 Å². The fourth-order valence-electron chi connectivity index (χ4n) is 3.04. The molecule has 2 aliphatic heterocycles. The Morgan fingerprint density at radius 2 is 1.81 bits per heavy atom. The summed E-state index contributed by atoms with van der Waals surface area (Å²) in [4.78, 5) is 2.59. The standard InChI is InChI=1S/C17H26N2O2/c1-2-8-19(9-3-1)10-4-7-18-14-15-5-6-16-17(13-15)21-12-11-20-16/h5-6,13,18H,1-4,7-12,14H2. The average Bonchev–Trinajstić information content (AvgIpc) is 2.55. The maximum absolute atomic E-state index is 5.61. The van der Waals surface area contributed by atoms with Gasteiger partial charge >= 0.3 is 0 Å². The van der Waals surface area contributed by atoms with Gasteiger partial charge in [-0.3, -0.25) is 0 Å². The van der Waals surface area contributed by atoms with E-state index in [2.05, 4.69) is 22.3 Å². The Morgan fingerprint density at radius 3 is 2.67 bits per heavy atom. The molecule has 0 unspecified atom stereocenters. The molecule has 0 spiro atoms. The fourth-order valence-corrected chi connectivity index (χ4v) is 3.04. The Labute approximate surface area is 127 Å². The van der Waals surface area contributed by atoms with Gasteiger partial charge in [0.15, 0.2) is 11.5 Å². The summed E-state index contributed by atoms with van der Waals surface area (Å²) in [6.45, 7) is 7.10. The third-order valence-electron chi connectivity index (χ3n) is 4.21. The Balaban J connectivity index is 1.35. The number of likely N-dealkylation sites (tertiary alicyclic amines) is 1. The molecule has 0 amide bonds. The summed E-state index contributed by atoms with van der Waals surface area (Å²) in [7, 11) is 0. The first-order valence-electron chi connectivity index (χ1n) is 8.23. The number of nitrogens with one attached hydrogen (secondary N) is 1. The number of ether oxygens (including phenoxy) is 2. The summed E-state index contributed by atoms with van der Waals surface area (Å²) in [6, 6.07) is 6.22. The summed E-state index contributed by atoms with van der Waals surface area (Å²) in [5.74, 6) is 1.75. The van der Waals surface area contributed by atoms with Crippen molar-refractivity contribution in [2.24, 2.45) is 0 Å². The van der Waals surface area contributed by atoms with Crippen molar-refractivity contribution in [1.82, 2.24) is 10.2 Å². The van der Waals surface area contributed by atoms with E-state index in [0.717, 1.165) is 24.6 Å². The summed E-state index contributed by atoms with van der Waals surface area (Å²) in [5, 5.41) is 3.53.